The van der Waals surface area contributed by atoms with E-state index in [-0.39, 0.29) is 11.5 Å². The fraction of sp³-hybridized carbons (Fsp3) is 0.520. The van der Waals surface area contributed by atoms with Gasteiger partial charge in [-0.25, -0.2) is 13.4 Å². The molecule has 3 rings (SSSR count). The Kier molecular flexibility index (Phi) is 8.57. The number of aromatic hydroxyl groups is 2. The van der Waals surface area contributed by atoms with Gasteiger partial charge in [-0.05, 0) is 73.1 Å². The number of rotatable bonds is 11. The first kappa shape index (κ1) is 24.6. The van der Waals surface area contributed by atoms with Gasteiger partial charge in [-0.15, -0.1) is 0 Å². The first-order chi connectivity index (χ1) is 15.3. The molecule has 7 heteroatoms. The molecule has 176 valence electrons. The zero-order chi connectivity index (χ0) is 23.1. The Morgan fingerprint density at radius 2 is 1.72 bits per heavy atom. The lowest BCUT2D eigenvalue weighted by molar-refractivity contribution is 0.109. The number of nitrogens with one attached hydrogen (secondary N) is 1. The summed E-state index contributed by atoms with van der Waals surface area (Å²) in [7, 11) is -3.17. The van der Waals surface area contributed by atoms with Crippen LogP contribution in [0.5, 0.6) is 11.5 Å². The minimum Gasteiger partial charge on any atom is -0.504 e. The Morgan fingerprint density at radius 3 is 2.38 bits per heavy atom. The zero-order valence-corrected chi connectivity index (χ0v) is 20.0. The van der Waals surface area contributed by atoms with Crippen LogP contribution in [0.2, 0.25) is 0 Å². The number of hydrogen-bond acceptors (Lipinski definition) is 6. The number of phenolic OH excluding ortho intramolecular Hbond substituents is 2. The van der Waals surface area contributed by atoms with Crippen molar-refractivity contribution in [1.29, 1.82) is 0 Å². The van der Waals surface area contributed by atoms with E-state index in [0.717, 1.165) is 61.9 Å². The van der Waals surface area contributed by atoms with Crippen LogP contribution in [0.1, 0.15) is 55.7 Å². The maximum absolute atomic E-state index is 11.6. The van der Waals surface area contributed by atoms with E-state index in [9.17, 15) is 18.6 Å². The monoisotopic (exact) mass is 460 g/mol. The number of fused-ring (bicyclic) bond motifs is 1. The first-order valence-electron chi connectivity index (χ1n) is 11.6. The molecule has 0 radical (unpaired) electrons. The van der Waals surface area contributed by atoms with E-state index < -0.39 is 9.84 Å². The molecule has 2 aromatic rings. The van der Waals surface area contributed by atoms with Gasteiger partial charge in [-0.2, -0.15) is 0 Å². The highest BCUT2D eigenvalue weighted by Gasteiger charge is 2.25. The molecule has 6 nitrogen and oxygen atoms in total. The molecule has 0 aliphatic heterocycles. The maximum atomic E-state index is 11.6. The van der Waals surface area contributed by atoms with Crippen LogP contribution in [0.25, 0.3) is 0 Å². The average Bonchev–Trinajstić information content (AvgIpc) is 2.76. The zero-order valence-electron chi connectivity index (χ0n) is 19.2. The fourth-order valence-electron chi connectivity index (χ4n) is 4.38. The molecule has 1 aliphatic carbocycles. The summed E-state index contributed by atoms with van der Waals surface area (Å²) in [6.45, 7) is 3.96. The molecular formula is C25H36N2O4S. The summed E-state index contributed by atoms with van der Waals surface area (Å²) in [5.41, 5.74) is 6.95. The van der Waals surface area contributed by atoms with Crippen LogP contribution in [0.15, 0.2) is 41.3 Å². The van der Waals surface area contributed by atoms with Crippen LogP contribution >= 0.6 is 0 Å². The van der Waals surface area contributed by atoms with Gasteiger partial charge >= 0.3 is 0 Å². The van der Waals surface area contributed by atoms with Crippen LogP contribution in [0.3, 0.4) is 0 Å². The summed E-state index contributed by atoms with van der Waals surface area (Å²) < 4.78 is 23.3. The number of unbranched alkanes of at least 4 members (excludes halogenated alkanes) is 3. The van der Waals surface area contributed by atoms with Crippen molar-refractivity contribution in [3.8, 4) is 11.5 Å². The lowest BCUT2D eigenvalue weighted by atomic mass is 9.87. The molecule has 2 aromatic carbocycles. The Bertz CT molecular complexity index is 990. The van der Waals surface area contributed by atoms with Crippen LogP contribution < -0.4 is 5.43 Å². The molecule has 1 unspecified atom stereocenters. The molecule has 32 heavy (non-hydrogen) atoms. The molecule has 0 spiro atoms. The van der Waals surface area contributed by atoms with E-state index in [0.29, 0.717) is 10.9 Å². The smallest absolute Gasteiger partial charge is 0.175 e. The Morgan fingerprint density at radius 1 is 1.03 bits per heavy atom. The van der Waals surface area contributed by atoms with Crippen LogP contribution in [0.4, 0.5) is 0 Å². The van der Waals surface area contributed by atoms with Gasteiger partial charge in [0.1, 0.15) is 0 Å². The minimum absolute atomic E-state index is 0.0429. The number of aryl methyl sites for hydroxylation is 1. The van der Waals surface area contributed by atoms with E-state index in [2.05, 4.69) is 17.4 Å². The van der Waals surface area contributed by atoms with Crippen molar-refractivity contribution in [1.82, 2.24) is 10.4 Å². The molecule has 0 aromatic heterocycles. The summed E-state index contributed by atoms with van der Waals surface area (Å²) >= 11 is 0. The van der Waals surface area contributed by atoms with Crippen molar-refractivity contribution in [3.63, 3.8) is 0 Å². The summed E-state index contributed by atoms with van der Waals surface area (Å²) in [4.78, 5) is 0.349. The van der Waals surface area contributed by atoms with Crippen LogP contribution in [0, 0.1) is 0 Å². The molecule has 0 fully saturated rings. The van der Waals surface area contributed by atoms with Crippen molar-refractivity contribution in [2.24, 2.45) is 0 Å². The molecular weight excluding hydrogens is 424 g/mol. The normalized spacial score (nSPS) is 16.3. The number of nitrogens with zero attached hydrogens (tertiary/aromatic N) is 1. The summed E-state index contributed by atoms with van der Waals surface area (Å²) in [6.07, 6.45) is 9.55. The average molecular weight is 461 g/mol. The van der Waals surface area contributed by atoms with Crippen molar-refractivity contribution < 1.29 is 18.6 Å². The summed E-state index contributed by atoms with van der Waals surface area (Å²) in [6, 6.07) is 10.8. The summed E-state index contributed by atoms with van der Waals surface area (Å²) in [5.74, 6) is -0.0944. The van der Waals surface area contributed by atoms with Gasteiger partial charge in [0.15, 0.2) is 21.3 Å². The van der Waals surface area contributed by atoms with E-state index in [1.54, 1.807) is 24.3 Å². The molecule has 0 amide bonds. The quantitative estimate of drug-likeness (QED) is 0.267. The summed E-state index contributed by atoms with van der Waals surface area (Å²) in [5, 5.41) is 22.1. The molecule has 0 saturated heterocycles. The third kappa shape index (κ3) is 6.70. The van der Waals surface area contributed by atoms with Gasteiger partial charge in [0.25, 0.3) is 0 Å². The molecule has 0 saturated carbocycles. The second-order valence-corrected chi connectivity index (χ2v) is 10.9. The lowest BCUT2D eigenvalue weighted by Gasteiger charge is -2.36. The first-order valence-corrected chi connectivity index (χ1v) is 13.5. The number of hydrazine groups is 1. The van der Waals surface area contributed by atoms with Crippen molar-refractivity contribution in [3.05, 3.63) is 53.1 Å². The van der Waals surface area contributed by atoms with Crippen LogP contribution in [-0.2, 0) is 29.1 Å². The van der Waals surface area contributed by atoms with Crippen molar-refractivity contribution >= 4 is 9.84 Å². The highest BCUT2D eigenvalue weighted by Crippen LogP contribution is 2.33. The molecule has 0 heterocycles. The fourth-order valence-corrected chi connectivity index (χ4v) is 5.01. The molecule has 0 bridgehead atoms. The lowest BCUT2D eigenvalue weighted by Crippen LogP contribution is -2.49. The van der Waals surface area contributed by atoms with E-state index >= 15 is 0 Å². The number of phenols is 2. The van der Waals surface area contributed by atoms with Gasteiger partial charge in [-0.1, -0.05) is 38.3 Å². The number of benzene rings is 2. The van der Waals surface area contributed by atoms with Gasteiger partial charge in [0.05, 0.1) is 4.90 Å². The second kappa shape index (κ2) is 11.2. The number of hydrogen-bond donors (Lipinski definition) is 3. The SMILES string of the molecule is CCCCCCN(NCCc1ccc(S(C)(=O)=O)cc1)C1CCc2cc(O)c(O)cc2C1. The number of sulfone groups is 1. The van der Waals surface area contributed by atoms with Crippen molar-refractivity contribution in [2.75, 3.05) is 19.3 Å². The largest absolute Gasteiger partial charge is 0.504 e. The Labute approximate surface area is 192 Å². The Hall–Kier alpha value is -2.09. The second-order valence-electron chi connectivity index (χ2n) is 8.83. The Balaban J connectivity index is 1.61. The third-order valence-corrected chi connectivity index (χ3v) is 7.40. The molecule has 1 atom stereocenters. The molecule has 1 aliphatic rings. The highest BCUT2D eigenvalue weighted by molar-refractivity contribution is 7.90. The maximum Gasteiger partial charge on any atom is 0.175 e. The standard InChI is InChI=1S/C25H36N2O4S/c1-3-4-5-6-15-27(22-10-9-20-17-24(28)25(29)18-21(20)16-22)26-14-13-19-7-11-23(12-8-19)32(2,30)31/h7-8,11-12,17-18,22,26,28-29H,3-6,9-10,13-16H2,1-2H3. The van der Waals surface area contributed by atoms with E-state index in [1.807, 2.05) is 12.1 Å². The van der Waals surface area contributed by atoms with E-state index in [1.165, 1.54) is 25.5 Å². The minimum atomic E-state index is -3.17. The topological polar surface area (TPSA) is 89.9 Å². The van der Waals surface area contributed by atoms with Gasteiger partial charge in [0, 0.05) is 25.4 Å². The van der Waals surface area contributed by atoms with Crippen molar-refractivity contribution in [2.45, 2.75) is 69.2 Å². The third-order valence-electron chi connectivity index (χ3n) is 6.27. The van der Waals surface area contributed by atoms with E-state index in [4.69, 9.17) is 0 Å². The van der Waals surface area contributed by atoms with Gasteiger partial charge in [0.2, 0.25) is 0 Å². The highest BCUT2D eigenvalue weighted by atomic mass is 32.2. The van der Waals surface area contributed by atoms with Gasteiger partial charge < -0.3 is 10.2 Å². The predicted molar refractivity (Wildman–Crippen MR) is 128 cm³/mol. The van der Waals surface area contributed by atoms with Crippen LogP contribution in [-0.4, -0.2) is 49.0 Å². The predicted octanol–water partition coefficient (Wildman–Crippen LogP) is 3.99. The van der Waals surface area contributed by atoms with Gasteiger partial charge in [-0.3, -0.25) is 5.43 Å². The molecule has 3 N–H and O–H groups in total.